The number of thioether (sulfide) groups is 1. The van der Waals surface area contributed by atoms with Crippen molar-refractivity contribution in [1.82, 2.24) is 19.7 Å². The van der Waals surface area contributed by atoms with Crippen molar-refractivity contribution in [2.75, 3.05) is 6.26 Å². The predicted octanol–water partition coefficient (Wildman–Crippen LogP) is 2.85. The average molecular weight is 344 g/mol. The summed E-state index contributed by atoms with van der Waals surface area (Å²) in [5.41, 5.74) is -0.820. The number of nitrogens with zero attached hydrogens (tertiary/aromatic N) is 4. The quantitative estimate of drug-likeness (QED) is 0.667. The summed E-state index contributed by atoms with van der Waals surface area (Å²) in [7, 11) is 0. The molecule has 0 spiro atoms. The third-order valence-electron chi connectivity index (χ3n) is 3.70. The second-order valence-electron chi connectivity index (χ2n) is 5.47. The van der Waals surface area contributed by atoms with E-state index in [1.54, 1.807) is 6.26 Å². The number of aliphatic hydroxyl groups excluding tert-OH is 1. The zero-order valence-electron chi connectivity index (χ0n) is 12.3. The third-order valence-corrected chi connectivity index (χ3v) is 4.26. The Morgan fingerprint density at radius 2 is 2.13 bits per heavy atom. The maximum atomic E-state index is 13.1. The SMILES string of the molecule is CSc1ncc(C(F)(F)F)c(-c2cnn(CC(O)C3CC3)c2)n1. The van der Waals surface area contributed by atoms with Gasteiger partial charge in [0.05, 0.1) is 24.5 Å². The maximum absolute atomic E-state index is 13.1. The van der Waals surface area contributed by atoms with Gasteiger partial charge in [-0.15, -0.1) is 0 Å². The molecular formula is C14H15F3N4OS. The molecule has 3 rings (SSSR count). The monoisotopic (exact) mass is 344 g/mol. The van der Waals surface area contributed by atoms with E-state index in [0.717, 1.165) is 19.0 Å². The van der Waals surface area contributed by atoms with Gasteiger partial charge in [-0.05, 0) is 25.0 Å². The number of halogens is 3. The van der Waals surface area contributed by atoms with Crippen LogP contribution < -0.4 is 0 Å². The van der Waals surface area contributed by atoms with Gasteiger partial charge in [-0.2, -0.15) is 18.3 Å². The minimum Gasteiger partial charge on any atom is -0.391 e. The zero-order valence-corrected chi connectivity index (χ0v) is 13.1. The standard InChI is InChI=1S/C14H15F3N4OS/c1-23-13-18-5-10(14(15,16)17)12(20-13)9-4-19-21(6-9)7-11(22)8-2-3-8/h4-6,8,11,22H,2-3,7H2,1H3. The first kappa shape index (κ1) is 16.3. The van der Waals surface area contributed by atoms with E-state index < -0.39 is 17.8 Å². The molecule has 9 heteroatoms. The lowest BCUT2D eigenvalue weighted by atomic mass is 10.1. The van der Waals surface area contributed by atoms with Crippen LogP contribution in [0.5, 0.6) is 0 Å². The number of rotatable bonds is 5. The summed E-state index contributed by atoms with van der Waals surface area (Å²) in [6.07, 6.45) is 2.22. The van der Waals surface area contributed by atoms with Crippen LogP contribution in [0, 0.1) is 5.92 Å². The van der Waals surface area contributed by atoms with Gasteiger partial charge in [0, 0.05) is 18.0 Å². The molecule has 5 nitrogen and oxygen atoms in total. The van der Waals surface area contributed by atoms with Gasteiger partial charge in [-0.1, -0.05) is 11.8 Å². The van der Waals surface area contributed by atoms with Crippen LogP contribution in [0.4, 0.5) is 13.2 Å². The first-order valence-corrected chi connectivity index (χ1v) is 8.30. The van der Waals surface area contributed by atoms with Gasteiger partial charge >= 0.3 is 6.18 Å². The van der Waals surface area contributed by atoms with E-state index in [-0.39, 0.29) is 28.9 Å². The Morgan fingerprint density at radius 1 is 1.39 bits per heavy atom. The lowest BCUT2D eigenvalue weighted by molar-refractivity contribution is -0.137. The van der Waals surface area contributed by atoms with Crippen molar-refractivity contribution in [3.63, 3.8) is 0 Å². The van der Waals surface area contributed by atoms with Gasteiger partial charge in [0.15, 0.2) is 5.16 Å². The molecule has 0 amide bonds. The number of hydrogen-bond donors (Lipinski definition) is 1. The number of hydrogen-bond acceptors (Lipinski definition) is 5. The smallest absolute Gasteiger partial charge is 0.391 e. The van der Waals surface area contributed by atoms with Crippen LogP contribution in [0.2, 0.25) is 0 Å². The van der Waals surface area contributed by atoms with Crippen molar-refractivity contribution in [2.45, 2.75) is 36.8 Å². The molecule has 124 valence electrons. The van der Waals surface area contributed by atoms with Gasteiger partial charge in [-0.25, -0.2) is 9.97 Å². The van der Waals surface area contributed by atoms with E-state index in [1.165, 1.54) is 28.8 Å². The number of aromatic nitrogens is 4. The van der Waals surface area contributed by atoms with E-state index in [1.807, 2.05) is 0 Å². The minimum atomic E-state index is -4.54. The van der Waals surface area contributed by atoms with Crippen LogP contribution in [-0.2, 0) is 12.7 Å². The Bertz CT molecular complexity index is 700. The highest BCUT2D eigenvalue weighted by atomic mass is 32.2. The molecule has 2 aromatic rings. The maximum Gasteiger partial charge on any atom is 0.419 e. The highest BCUT2D eigenvalue weighted by Gasteiger charge is 2.36. The second-order valence-corrected chi connectivity index (χ2v) is 6.25. The van der Waals surface area contributed by atoms with Crippen molar-refractivity contribution in [3.8, 4) is 11.3 Å². The average Bonchev–Trinajstić information content (AvgIpc) is 3.26. The number of aliphatic hydroxyl groups is 1. The first-order chi connectivity index (χ1) is 10.9. The Balaban J connectivity index is 1.92. The summed E-state index contributed by atoms with van der Waals surface area (Å²) in [5.74, 6) is 0.274. The van der Waals surface area contributed by atoms with Gasteiger partial charge < -0.3 is 5.11 Å². The Hall–Kier alpha value is -1.61. The van der Waals surface area contributed by atoms with Crippen LogP contribution in [0.3, 0.4) is 0 Å². The largest absolute Gasteiger partial charge is 0.419 e. The topological polar surface area (TPSA) is 63.8 Å². The molecule has 0 aromatic carbocycles. The number of alkyl halides is 3. The first-order valence-electron chi connectivity index (χ1n) is 7.07. The Morgan fingerprint density at radius 3 is 2.74 bits per heavy atom. The van der Waals surface area contributed by atoms with Crippen LogP contribution >= 0.6 is 11.8 Å². The van der Waals surface area contributed by atoms with Crippen molar-refractivity contribution in [3.05, 3.63) is 24.2 Å². The molecule has 1 N–H and O–H groups in total. The van der Waals surface area contributed by atoms with E-state index >= 15 is 0 Å². The fourth-order valence-corrected chi connectivity index (χ4v) is 2.64. The molecule has 2 aromatic heterocycles. The van der Waals surface area contributed by atoms with Gasteiger partial charge in [0.1, 0.15) is 5.56 Å². The van der Waals surface area contributed by atoms with E-state index in [9.17, 15) is 18.3 Å². The van der Waals surface area contributed by atoms with Gasteiger partial charge in [0.2, 0.25) is 0 Å². The molecule has 1 aliphatic rings. The highest BCUT2D eigenvalue weighted by Crippen LogP contribution is 2.36. The molecule has 0 bridgehead atoms. The summed E-state index contributed by atoms with van der Waals surface area (Å²) < 4.78 is 40.9. The summed E-state index contributed by atoms with van der Waals surface area (Å²) in [6.45, 7) is 0.270. The zero-order chi connectivity index (χ0) is 16.6. The summed E-state index contributed by atoms with van der Waals surface area (Å²) in [5, 5.41) is 14.2. The van der Waals surface area contributed by atoms with Crippen molar-refractivity contribution in [2.24, 2.45) is 5.92 Å². The molecule has 1 unspecified atom stereocenters. The lowest BCUT2D eigenvalue weighted by Gasteiger charge is -2.11. The van der Waals surface area contributed by atoms with Crippen LogP contribution in [0.1, 0.15) is 18.4 Å². The second kappa shape index (κ2) is 6.12. The molecule has 1 aliphatic carbocycles. The molecule has 1 fully saturated rings. The van der Waals surface area contributed by atoms with Crippen LogP contribution in [0.25, 0.3) is 11.3 Å². The van der Waals surface area contributed by atoms with Gasteiger partial charge in [-0.3, -0.25) is 4.68 Å². The minimum absolute atomic E-state index is 0.191. The normalized spacial score (nSPS) is 16.6. The fraction of sp³-hybridized carbons (Fsp3) is 0.500. The summed E-state index contributed by atoms with van der Waals surface area (Å²) in [6, 6.07) is 0. The highest BCUT2D eigenvalue weighted by molar-refractivity contribution is 7.98. The summed E-state index contributed by atoms with van der Waals surface area (Å²) >= 11 is 1.17. The molecule has 0 radical (unpaired) electrons. The van der Waals surface area contributed by atoms with Crippen LogP contribution in [-0.4, -0.2) is 37.2 Å². The van der Waals surface area contributed by atoms with Crippen molar-refractivity contribution in [1.29, 1.82) is 0 Å². The van der Waals surface area contributed by atoms with E-state index in [4.69, 9.17) is 0 Å². The van der Waals surface area contributed by atoms with Crippen molar-refractivity contribution < 1.29 is 18.3 Å². The van der Waals surface area contributed by atoms with Crippen molar-refractivity contribution >= 4 is 11.8 Å². The third kappa shape index (κ3) is 3.66. The lowest BCUT2D eigenvalue weighted by Crippen LogP contribution is -2.18. The van der Waals surface area contributed by atoms with Gasteiger partial charge in [0.25, 0.3) is 0 Å². The van der Waals surface area contributed by atoms with E-state index in [0.29, 0.717) is 0 Å². The van der Waals surface area contributed by atoms with Crippen LogP contribution in [0.15, 0.2) is 23.7 Å². The predicted molar refractivity (Wildman–Crippen MR) is 78.8 cm³/mol. The molecule has 1 atom stereocenters. The fourth-order valence-electron chi connectivity index (χ4n) is 2.30. The molecule has 2 heterocycles. The van der Waals surface area contributed by atoms with E-state index in [2.05, 4.69) is 15.1 Å². The molecule has 1 saturated carbocycles. The molecule has 23 heavy (non-hydrogen) atoms. The Labute approximate surface area is 134 Å². The Kier molecular flexibility index (Phi) is 4.33. The summed E-state index contributed by atoms with van der Waals surface area (Å²) in [4.78, 5) is 7.68. The molecule has 0 saturated heterocycles. The molecule has 0 aliphatic heterocycles. The molecular weight excluding hydrogens is 329 g/mol.